The first-order valence-electron chi connectivity index (χ1n) is 13.2. The molecule has 0 aromatic carbocycles. The summed E-state index contributed by atoms with van der Waals surface area (Å²) in [6.07, 6.45) is 19.6. The molecule has 3 fully saturated rings. The lowest BCUT2D eigenvalue weighted by atomic mass is 9.42. The molecule has 1 nitrogen and oxygen atoms in total. The number of rotatable bonds is 5. The van der Waals surface area contributed by atoms with E-state index in [4.69, 9.17) is 5.73 Å². The molecule has 1 heteroatoms. The molecule has 4 rings (SSSR count). The lowest BCUT2D eigenvalue weighted by Gasteiger charge is -2.62. The van der Waals surface area contributed by atoms with Crippen molar-refractivity contribution in [2.24, 2.45) is 52.1 Å². The maximum Gasteiger partial charge on any atom is 0.00766 e. The molecule has 3 saturated carbocycles. The van der Waals surface area contributed by atoms with E-state index in [2.05, 4.69) is 40.7 Å². The Labute approximate surface area is 181 Å². The number of allylic oxidation sites excluding steroid dienone is 1. The fraction of sp³-hybridized carbons (Fsp3) is 0.929. The molecule has 166 valence electrons. The van der Waals surface area contributed by atoms with Gasteiger partial charge >= 0.3 is 0 Å². The van der Waals surface area contributed by atoms with Gasteiger partial charge in [0.1, 0.15) is 0 Å². The van der Waals surface area contributed by atoms with E-state index in [9.17, 15) is 0 Å². The molecule has 0 bridgehead atoms. The molecule has 0 amide bonds. The van der Waals surface area contributed by atoms with Gasteiger partial charge in [0.25, 0.3) is 0 Å². The number of hydrogen-bond donors (Lipinski definition) is 1. The second-order valence-corrected chi connectivity index (χ2v) is 12.6. The monoisotopic (exact) mass is 399 g/mol. The topological polar surface area (TPSA) is 26.0 Å². The predicted molar refractivity (Wildman–Crippen MR) is 126 cm³/mol. The van der Waals surface area contributed by atoms with Crippen LogP contribution in [0.5, 0.6) is 0 Å². The first-order chi connectivity index (χ1) is 13.8. The van der Waals surface area contributed by atoms with Crippen molar-refractivity contribution in [1.82, 2.24) is 0 Å². The Morgan fingerprint density at radius 2 is 1.79 bits per heavy atom. The molecule has 0 spiro atoms. The summed E-state index contributed by atoms with van der Waals surface area (Å²) >= 11 is 0. The van der Waals surface area contributed by atoms with Crippen LogP contribution in [0.15, 0.2) is 11.6 Å². The van der Waals surface area contributed by atoms with Crippen molar-refractivity contribution in [3.05, 3.63) is 11.6 Å². The van der Waals surface area contributed by atoms with E-state index in [1.165, 1.54) is 77.0 Å². The van der Waals surface area contributed by atoms with Crippen molar-refractivity contribution in [3.8, 4) is 0 Å². The Balaban J connectivity index is 1.52. The van der Waals surface area contributed by atoms with E-state index in [-0.39, 0.29) is 0 Å². The van der Waals surface area contributed by atoms with Crippen LogP contribution in [-0.4, -0.2) is 6.04 Å². The smallest absolute Gasteiger partial charge is 0.00766 e. The van der Waals surface area contributed by atoms with Crippen LogP contribution in [0.4, 0.5) is 0 Å². The zero-order valence-corrected chi connectivity index (χ0v) is 20.2. The zero-order chi connectivity index (χ0) is 20.8. The van der Waals surface area contributed by atoms with Gasteiger partial charge in [-0.3, -0.25) is 0 Å². The minimum atomic E-state index is 0.422. The van der Waals surface area contributed by atoms with Gasteiger partial charge in [-0.25, -0.2) is 0 Å². The van der Waals surface area contributed by atoms with Gasteiger partial charge in [-0.15, -0.1) is 0 Å². The van der Waals surface area contributed by atoms with Crippen LogP contribution < -0.4 is 5.73 Å². The van der Waals surface area contributed by atoms with Crippen LogP contribution in [0.25, 0.3) is 0 Å². The summed E-state index contributed by atoms with van der Waals surface area (Å²) in [4.78, 5) is 0. The van der Waals surface area contributed by atoms with Crippen molar-refractivity contribution in [1.29, 1.82) is 0 Å². The third kappa shape index (κ3) is 3.88. The Kier molecular flexibility index (Phi) is 6.29. The Morgan fingerprint density at radius 1 is 1.00 bits per heavy atom. The van der Waals surface area contributed by atoms with E-state index in [1.807, 2.05) is 0 Å². The van der Waals surface area contributed by atoms with Crippen molar-refractivity contribution in [2.75, 3.05) is 0 Å². The summed E-state index contributed by atoms with van der Waals surface area (Å²) in [5.74, 6) is 5.59. The fourth-order valence-electron chi connectivity index (χ4n) is 8.91. The maximum atomic E-state index is 6.37. The minimum absolute atomic E-state index is 0.422. The quantitative estimate of drug-likeness (QED) is 0.470. The third-order valence-corrected chi connectivity index (χ3v) is 10.6. The second-order valence-electron chi connectivity index (χ2n) is 12.6. The van der Waals surface area contributed by atoms with Crippen LogP contribution in [0, 0.1) is 46.3 Å². The largest absolute Gasteiger partial charge is 0.327 e. The van der Waals surface area contributed by atoms with E-state index < -0.39 is 0 Å². The van der Waals surface area contributed by atoms with Gasteiger partial charge in [-0.05, 0) is 97.7 Å². The SMILES string of the molecule is CC(C)CCCC(C)C1CCCC2C3CC=C4CC(N)CCC4(C)C3CCC12C. The highest BCUT2D eigenvalue weighted by Gasteiger charge is 2.57. The van der Waals surface area contributed by atoms with Crippen LogP contribution in [0.1, 0.15) is 112 Å². The minimum Gasteiger partial charge on any atom is -0.327 e. The van der Waals surface area contributed by atoms with E-state index in [0.717, 1.165) is 35.5 Å². The van der Waals surface area contributed by atoms with Gasteiger partial charge in [-0.1, -0.05) is 72.0 Å². The van der Waals surface area contributed by atoms with Gasteiger partial charge in [-0.2, -0.15) is 0 Å². The predicted octanol–water partition coefficient (Wildman–Crippen LogP) is 7.75. The van der Waals surface area contributed by atoms with Crippen LogP contribution >= 0.6 is 0 Å². The molecular formula is C28H49N. The molecule has 4 aliphatic carbocycles. The molecule has 4 aliphatic rings. The normalized spacial score (nSPS) is 45.8. The molecule has 0 aromatic heterocycles. The molecule has 0 saturated heterocycles. The number of nitrogens with two attached hydrogens (primary N) is 1. The lowest BCUT2D eigenvalue weighted by Crippen LogP contribution is -2.55. The zero-order valence-electron chi connectivity index (χ0n) is 20.2. The summed E-state index contributed by atoms with van der Waals surface area (Å²) in [6, 6.07) is 0.422. The van der Waals surface area contributed by atoms with Crippen LogP contribution in [0.2, 0.25) is 0 Å². The molecule has 8 atom stereocenters. The summed E-state index contributed by atoms with van der Waals surface area (Å²) in [6.45, 7) is 12.7. The highest BCUT2D eigenvalue weighted by atomic mass is 14.7. The highest BCUT2D eigenvalue weighted by Crippen LogP contribution is 2.66. The summed E-state index contributed by atoms with van der Waals surface area (Å²) in [5, 5.41) is 0. The van der Waals surface area contributed by atoms with E-state index in [1.54, 1.807) is 5.57 Å². The average Bonchev–Trinajstić information content (AvgIpc) is 2.67. The number of hydrogen-bond acceptors (Lipinski definition) is 1. The molecule has 29 heavy (non-hydrogen) atoms. The first-order valence-corrected chi connectivity index (χ1v) is 13.2. The average molecular weight is 400 g/mol. The van der Waals surface area contributed by atoms with Gasteiger partial charge < -0.3 is 5.73 Å². The molecule has 0 radical (unpaired) electrons. The van der Waals surface area contributed by atoms with Crippen molar-refractivity contribution >= 4 is 0 Å². The third-order valence-electron chi connectivity index (χ3n) is 10.6. The summed E-state index contributed by atoms with van der Waals surface area (Å²) < 4.78 is 0. The van der Waals surface area contributed by atoms with E-state index in [0.29, 0.717) is 16.9 Å². The summed E-state index contributed by atoms with van der Waals surface area (Å²) in [5.41, 5.74) is 9.18. The molecule has 0 heterocycles. The van der Waals surface area contributed by atoms with Crippen molar-refractivity contribution in [2.45, 2.75) is 118 Å². The molecule has 2 N–H and O–H groups in total. The van der Waals surface area contributed by atoms with Gasteiger partial charge in [0, 0.05) is 6.04 Å². The molecule has 0 aromatic rings. The standard InChI is InChI=1S/C28H49N/c1-19(2)8-6-9-20(3)24-10-7-11-25-23-13-12-21-18-22(29)14-16-27(21,4)26(23)15-17-28(24,25)5/h12,19-20,22-26H,6-11,13-18,29H2,1-5H3. The van der Waals surface area contributed by atoms with Crippen molar-refractivity contribution < 1.29 is 0 Å². The molecule has 0 aliphatic heterocycles. The van der Waals surface area contributed by atoms with Gasteiger partial charge in [0.2, 0.25) is 0 Å². The Bertz CT molecular complexity index is 605. The van der Waals surface area contributed by atoms with Crippen LogP contribution in [-0.2, 0) is 0 Å². The first kappa shape index (κ1) is 21.9. The molecular weight excluding hydrogens is 350 g/mol. The van der Waals surface area contributed by atoms with Crippen molar-refractivity contribution in [3.63, 3.8) is 0 Å². The fourth-order valence-corrected chi connectivity index (χ4v) is 8.91. The summed E-state index contributed by atoms with van der Waals surface area (Å²) in [7, 11) is 0. The lowest BCUT2D eigenvalue weighted by molar-refractivity contribution is -0.107. The highest BCUT2D eigenvalue weighted by molar-refractivity contribution is 5.25. The maximum absolute atomic E-state index is 6.37. The van der Waals surface area contributed by atoms with Gasteiger partial charge in [0.05, 0.1) is 0 Å². The van der Waals surface area contributed by atoms with E-state index >= 15 is 0 Å². The Hall–Kier alpha value is -0.300. The van der Waals surface area contributed by atoms with Crippen LogP contribution in [0.3, 0.4) is 0 Å². The molecule has 8 unspecified atom stereocenters. The Morgan fingerprint density at radius 3 is 2.55 bits per heavy atom. The second kappa shape index (κ2) is 8.33. The van der Waals surface area contributed by atoms with Gasteiger partial charge in [0.15, 0.2) is 0 Å². The number of fused-ring (bicyclic) bond motifs is 5.